The molecule has 2 rings (SSSR count). The number of phenols is 1. The van der Waals surface area contributed by atoms with Gasteiger partial charge in [0, 0.05) is 17.6 Å². The molecule has 4 nitrogen and oxygen atoms in total. The van der Waals surface area contributed by atoms with Crippen molar-refractivity contribution in [3.05, 3.63) is 28.9 Å². The average Bonchev–Trinajstić information content (AvgIpc) is 2.47. The summed E-state index contributed by atoms with van der Waals surface area (Å²) in [7, 11) is -3.33. The zero-order valence-corrected chi connectivity index (χ0v) is 10.2. The van der Waals surface area contributed by atoms with Gasteiger partial charge in [-0.3, -0.25) is 0 Å². The first-order chi connectivity index (χ1) is 6.89. The Labute approximate surface area is 95.3 Å². The van der Waals surface area contributed by atoms with Gasteiger partial charge in [0.05, 0.1) is 16.2 Å². The maximum absolute atomic E-state index is 11.4. The van der Waals surface area contributed by atoms with Crippen LogP contribution in [0.5, 0.6) is 5.75 Å². The monoisotopic (exact) mass is 289 g/mol. The lowest BCUT2D eigenvalue weighted by molar-refractivity contribution is 0.472. The molecule has 0 fully saturated rings. The molecule has 1 N–H and O–H groups in total. The summed E-state index contributed by atoms with van der Waals surface area (Å²) in [6.45, 7) is 0. The van der Waals surface area contributed by atoms with E-state index in [0.29, 0.717) is 9.99 Å². The van der Waals surface area contributed by atoms with Crippen molar-refractivity contribution in [1.82, 2.24) is 3.97 Å². The van der Waals surface area contributed by atoms with E-state index >= 15 is 0 Å². The highest BCUT2D eigenvalue weighted by Gasteiger charge is 2.11. The molecule has 0 radical (unpaired) electrons. The van der Waals surface area contributed by atoms with Gasteiger partial charge in [-0.15, -0.1) is 0 Å². The Bertz CT molecular complexity index is 630. The number of fused-ring (bicyclic) bond motifs is 1. The standard InChI is InChI=1S/C9H8BrNO3S/c1-15(13,14)11-3-2-6-4-7(10)9(12)5-8(6)11/h2-5,12H,1H3. The van der Waals surface area contributed by atoms with Gasteiger partial charge in [-0.25, -0.2) is 12.4 Å². The van der Waals surface area contributed by atoms with Crippen molar-refractivity contribution in [2.24, 2.45) is 0 Å². The number of hydrogen-bond donors (Lipinski definition) is 1. The summed E-state index contributed by atoms with van der Waals surface area (Å²) in [5, 5.41) is 10.2. The van der Waals surface area contributed by atoms with Crippen LogP contribution in [0.1, 0.15) is 0 Å². The van der Waals surface area contributed by atoms with Crippen LogP contribution >= 0.6 is 15.9 Å². The number of rotatable bonds is 1. The molecule has 0 amide bonds. The molecule has 0 atom stereocenters. The maximum Gasteiger partial charge on any atom is 0.236 e. The number of halogens is 1. The van der Waals surface area contributed by atoms with E-state index in [0.717, 1.165) is 15.6 Å². The summed E-state index contributed by atoms with van der Waals surface area (Å²) in [6, 6.07) is 4.77. The van der Waals surface area contributed by atoms with Crippen LogP contribution in [0, 0.1) is 0 Å². The Balaban J connectivity index is 2.87. The van der Waals surface area contributed by atoms with Gasteiger partial charge in [-0.1, -0.05) is 0 Å². The number of nitrogens with zero attached hydrogens (tertiary/aromatic N) is 1. The Kier molecular flexibility index (Phi) is 2.27. The third-order valence-electron chi connectivity index (χ3n) is 2.08. The first-order valence-corrected chi connectivity index (χ1v) is 6.74. The van der Waals surface area contributed by atoms with Gasteiger partial charge < -0.3 is 5.11 Å². The number of benzene rings is 1. The van der Waals surface area contributed by atoms with Gasteiger partial charge in [0.25, 0.3) is 0 Å². The lowest BCUT2D eigenvalue weighted by Gasteiger charge is -2.03. The second-order valence-corrected chi connectivity index (χ2v) is 5.95. The van der Waals surface area contributed by atoms with Crippen molar-refractivity contribution in [2.75, 3.05) is 6.26 Å². The van der Waals surface area contributed by atoms with Crippen molar-refractivity contribution in [3.63, 3.8) is 0 Å². The molecule has 0 saturated heterocycles. The van der Waals surface area contributed by atoms with E-state index in [-0.39, 0.29) is 5.75 Å². The normalized spacial score (nSPS) is 12.1. The van der Waals surface area contributed by atoms with Crippen molar-refractivity contribution in [1.29, 1.82) is 0 Å². The van der Waals surface area contributed by atoms with Crippen LogP contribution in [0.3, 0.4) is 0 Å². The Hall–Kier alpha value is -1.01. The van der Waals surface area contributed by atoms with Crippen molar-refractivity contribution in [3.8, 4) is 5.75 Å². The largest absolute Gasteiger partial charge is 0.507 e. The van der Waals surface area contributed by atoms with Crippen molar-refractivity contribution < 1.29 is 13.5 Å². The quantitative estimate of drug-likeness (QED) is 0.873. The molecule has 1 aromatic carbocycles. The van der Waals surface area contributed by atoms with Gasteiger partial charge in [-0.05, 0) is 28.1 Å². The predicted octanol–water partition coefficient (Wildman–Crippen LogP) is 1.92. The Morgan fingerprint density at radius 2 is 2.07 bits per heavy atom. The van der Waals surface area contributed by atoms with E-state index in [9.17, 15) is 13.5 Å². The van der Waals surface area contributed by atoms with E-state index in [1.807, 2.05) is 0 Å². The Morgan fingerprint density at radius 1 is 1.40 bits per heavy atom. The first-order valence-electron chi connectivity index (χ1n) is 4.10. The molecule has 0 aliphatic rings. The van der Waals surface area contributed by atoms with Crippen molar-refractivity contribution in [2.45, 2.75) is 0 Å². The van der Waals surface area contributed by atoms with E-state index in [1.165, 1.54) is 12.3 Å². The highest BCUT2D eigenvalue weighted by atomic mass is 79.9. The highest BCUT2D eigenvalue weighted by Crippen LogP contribution is 2.30. The molecule has 0 aliphatic carbocycles. The number of hydrogen-bond acceptors (Lipinski definition) is 3. The van der Waals surface area contributed by atoms with Gasteiger partial charge in [0.15, 0.2) is 0 Å². The summed E-state index contributed by atoms with van der Waals surface area (Å²) in [5.74, 6) is 0.0195. The average molecular weight is 290 g/mol. The Morgan fingerprint density at radius 3 is 2.67 bits per heavy atom. The molecular formula is C9H8BrNO3S. The molecule has 1 heterocycles. The molecule has 2 aromatic rings. The summed E-state index contributed by atoms with van der Waals surface area (Å²) >= 11 is 3.17. The minimum absolute atomic E-state index is 0.0195. The second kappa shape index (κ2) is 3.24. The lowest BCUT2D eigenvalue weighted by atomic mass is 10.2. The van der Waals surface area contributed by atoms with E-state index in [2.05, 4.69) is 15.9 Å². The second-order valence-electron chi connectivity index (χ2n) is 3.24. The van der Waals surface area contributed by atoms with Crippen LogP contribution < -0.4 is 0 Å². The highest BCUT2D eigenvalue weighted by molar-refractivity contribution is 9.10. The van der Waals surface area contributed by atoms with Crippen LogP contribution in [0.15, 0.2) is 28.9 Å². The fourth-order valence-electron chi connectivity index (χ4n) is 1.41. The molecule has 0 bridgehead atoms. The predicted molar refractivity (Wildman–Crippen MR) is 61.5 cm³/mol. The van der Waals surface area contributed by atoms with Gasteiger partial charge in [-0.2, -0.15) is 0 Å². The topological polar surface area (TPSA) is 59.3 Å². The molecule has 80 valence electrons. The summed E-state index contributed by atoms with van der Waals surface area (Å²) < 4.78 is 24.4. The molecule has 0 aliphatic heterocycles. The number of aromatic hydroxyl groups is 1. The third-order valence-corrected chi connectivity index (χ3v) is 3.75. The molecule has 0 unspecified atom stereocenters. The fraction of sp³-hybridized carbons (Fsp3) is 0.111. The SMILES string of the molecule is CS(=O)(=O)n1ccc2cc(Br)c(O)cc21. The zero-order valence-electron chi connectivity index (χ0n) is 7.81. The molecule has 6 heteroatoms. The third kappa shape index (κ3) is 1.74. The van der Waals surface area contributed by atoms with Gasteiger partial charge >= 0.3 is 0 Å². The summed E-state index contributed by atoms with van der Waals surface area (Å²) in [5.41, 5.74) is 0.471. The van der Waals surface area contributed by atoms with Crippen LogP contribution in [0.25, 0.3) is 10.9 Å². The molecule has 15 heavy (non-hydrogen) atoms. The van der Waals surface area contributed by atoms with Crippen LogP contribution in [-0.4, -0.2) is 23.8 Å². The zero-order chi connectivity index (χ0) is 11.2. The minimum Gasteiger partial charge on any atom is -0.507 e. The smallest absolute Gasteiger partial charge is 0.236 e. The van der Waals surface area contributed by atoms with E-state index < -0.39 is 10.0 Å². The van der Waals surface area contributed by atoms with Crippen LogP contribution in [0.4, 0.5) is 0 Å². The van der Waals surface area contributed by atoms with Crippen molar-refractivity contribution >= 4 is 36.9 Å². The van der Waals surface area contributed by atoms with E-state index in [4.69, 9.17) is 0 Å². The molecule has 0 saturated carbocycles. The maximum atomic E-state index is 11.4. The van der Waals surface area contributed by atoms with Crippen LogP contribution in [0.2, 0.25) is 0 Å². The lowest BCUT2D eigenvalue weighted by Crippen LogP contribution is -2.07. The van der Waals surface area contributed by atoms with Crippen LogP contribution in [-0.2, 0) is 10.0 Å². The van der Waals surface area contributed by atoms with E-state index in [1.54, 1.807) is 12.1 Å². The number of aromatic nitrogens is 1. The molecule has 0 spiro atoms. The first kappa shape index (κ1) is 10.5. The fourth-order valence-corrected chi connectivity index (χ4v) is 2.57. The molecular weight excluding hydrogens is 282 g/mol. The summed E-state index contributed by atoms with van der Waals surface area (Å²) in [6.07, 6.45) is 2.58. The van der Waals surface area contributed by atoms with Gasteiger partial charge in [0.1, 0.15) is 5.75 Å². The number of phenolic OH excluding ortho intramolecular Hbond substituents is 1. The van der Waals surface area contributed by atoms with Gasteiger partial charge in [0.2, 0.25) is 10.0 Å². The molecule has 1 aromatic heterocycles. The summed E-state index contributed by atoms with van der Waals surface area (Å²) in [4.78, 5) is 0. The minimum atomic E-state index is -3.33.